The normalized spacial score (nSPS) is 10.6. The Bertz CT molecular complexity index is 650. The lowest BCUT2D eigenvalue weighted by Gasteiger charge is -2.03. The SMILES string of the molecule is COc1ccc(-c2ccc(-c3ccc(CN)cc3)[nH]2)cc1. The molecule has 3 N–H and O–H groups in total. The molecule has 0 saturated carbocycles. The third kappa shape index (κ3) is 2.83. The van der Waals surface area contributed by atoms with Gasteiger partial charge in [0.15, 0.2) is 0 Å². The van der Waals surface area contributed by atoms with E-state index in [2.05, 4.69) is 41.4 Å². The Labute approximate surface area is 124 Å². The van der Waals surface area contributed by atoms with E-state index in [4.69, 9.17) is 10.5 Å². The number of H-pyrrole nitrogens is 1. The van der Waals surface area contributed by atoms with Gasteiger partial charge in [-0.3, -0.25) is 0 Å². The molecular formula is C18H18N2O. The van der Waals surface area contributed by atoms with Gasteiger partial charge < -0.3 is 15.5 Å². The van der Waals surface area contributed by atoms with E-state index in [-0.39, 0.29) is 0 Å². The van der Waals surface area contributed by atoms with Crippen molar-refractivity contribution in [2.45, 2.75) is 6.54 Å². The van der Waals surface area contributed by atoms with Gasteiger partial charge in [0.05, 0.1) is 7.11 Å². The van der Waals surface area contributed by atoms with Crippen LogP contribution in [0.4, 0.5) is 0 Å². The zero-order valence-corrected chi connectivity index (χ0v) is 12.0. The maximum Gasteiger partial charge on any atom is 0.118 e. The molecule has 2 aromatic carbocycles. The number of ether oxygens (including phenoxy) is 1. The van der Waals surface area contributed by atoms with Crippen LogP contribution in [0, 0.1) is 0 Å². The number of benzene rings is 2. The lowest BCUT2D eigenvalue weighted by Crippen LogP contribution is -1.95. The highest BCUT2D eigenvalue weighted by Gasteiger charge is 2.04. The van der Waals surface area contributed by atoms with Crippen LogP contribution in [0.15, 0.2) is 60.7 Å². The smallest absolute Gasteiger partial charge is 0.118 e. The molecule has 3 nitrogen and oxygen atoms in total. The number of rotatable bonds is 4. The summed E-state index contributed by atoms with van der Waals surface area (Å²) in [6, 6.07) is 20.5. The summed E-state index contributed by atoms with van der Waals surface area (Å²) in [5.74, 6) is 0.864. The van der Waals surface area contributed by atoms with Gasteiger partial charge in [-0.05, 0) is 53.1 Å². The first-order valence-corrected chi connectivity index (χ1v) is 6.93. The fourth-order valence-electron chi connectivity index (χ4n) is 2.32. The van der Waals surface area contributed by atoms with Crippen molar-refractivity contribution in [2.24, 2.45) is 5.73 Å². The highest BCUT2D eigenvalue weighted by Crippen LogP contribution is 2.26. The Morgan fingerprint density at radius 2 is 1.33 bits per heavy atom. The largest absolute Gasteiger partial charge is 0.497 e. The average molecular weight is 278 g/mol. The van der Waals surface area contributed by atoms with E-state index in [0.717, 1.165) is 33.8 Å². The number of methoxy groups -OCH3 is 1. The van der Waals surface area contributed by atoms with Gasteiger partial charge in [-0.15, -0.1) is 0 Å². The number of aromatic amines is 1. The number of hydrogen-bond donors (Lipinski definition) is 2. The monoisotopic (exact) mass is 278 g/mol. The molecule has 0 saturated heterocycles. The third-order valence-electron chi connectivity index (χ3n) is 3.59. The standard InChI is InChI=1S/C18H18N2O/c1-21-16-8-6-15(7-9-16)18-11-10-17(20-18)14-4-2-13(12-19)3-5-14/h2-11,20H,12,19H2,1H3. The molecule has 21 heavy (non-hydrogen) atoms. The Morgan fingerprint density at radius 1 is 0.810 bits per heavy atom. The van der Waals surface area contributed by atoms with Crippen LogP contribution in [-0.4, -0.2) is 12.1 Å². The van der Waals surface area contributed by atoms with Crippen molar-refractivity contribution in [1.82, 2.24) is 4.98 Å². The quantitative estimate of drug-likeness (QED) is 0.762. The first kappa shape index (κ1) is 13.5. The van der Waals surface area contributed by atoms with E-state index < -0.39 is 0 Å². The number of hydrogen-bond acceptors (Lipinski definition) is 2. The molecular weight excluding hydrogens is 260 g/mol. The summed E-state index contributed by atoms with van der Waals surface area (Å²) in [4.78, 5) is 3.45. The summed E-state index contributed by atoms with van der Waals surface area (Å²) in [6.45, 7) is 0.572. The predicted octanol–water partition coefficient (Wildman–Crippen LogP) is 3.82. The van der Waals surface area contributed by atoms with Gasteiger partial charge in [-0.2, -0.15) is 0 Å². The van der Waals surface area contributed by atoms with Gasteiger partial charge in [0.2, 0.25) is 0 Å². The molecule has 3 heteroatoms. The second-order valence-electron chi connectivity index (χ2n) is 4.92. The molecule has 3 rings (SSSR count). The molecule has 0 aliphatic carbocycles. The van der Waals surface area contributed by atoms with E-state index in [1.165, 1.54) is 0 Å². The molecule has 0 fully saturated rings. The van der Waals surface area contributed by atoms with Crippen LogP contribution in [0.2, 0.25) is 0 Å². The van der Waals surface area contributed by atoms with Gasteiger partial charge in [-0.25, -0.2) is 0 Å². The number of nitrogens with one attached hydrogen (secondary N) is 1. The molecule has 1 heterocycles. The Morgan fingerprint density at radius 3 is 1.81 bits per heavy atom. The molecule has 3 aromatic rings. The molecule has 0 radical (unpaired) electrons. The molecule has 0 amide bonds. The molecule has 0 aliphatic heterocycles. The Hall–Kier alpha value is -2.52. The summed E-state index contributed by atoms with van der Waals surface area (Å²) >= 11 is 0. The molecule has 106 valence electrons. The van der Waals surface area contributed by atoms with E-state index in [1.54, 1.807) is 7.11 Å². The molecule has 1 aromatic heterocycles. The molecule has 0 atom stereocenters. The van der Waals surface area contributed by atoms with Crippen molar-refractivity contribution in [2.75, 3.05) is 7.11 Å². The van der Waals surface area contributed by atoms with Crippen LogP contribution in [0.25, 0.3) is 22.5 Å². The maximum atomic E-state index is 5.62. The highest BCUT2D eigenvalue weighted by atomic mass is 16.5. The first-order valence-electron chi connectivity index (χ1n) is 6.93. The lowest BCUT2D eigenvalue weighted by atomic mass is 10.1. The second kappa shape index (κ2) is 5.85. The molecule has 0 spiro atoms. The van der Waals surface area contributed by atoms with Crippen LogP contribution < -0.4 is 10.5 Å². The summed E-state index contributed by atoms with van der Waals surface area (Å²) in [6.07, 6.45) is 0. The number of aromatic nitrogens is 1. The minimum absolute atomic E-state index is 0.572. The minimum atomic E-state index is 0.572. The van der Waals surface area contributed by atoms with Crippen molar-refractivity contribution in [3.05, 3.63) is 66.2 Å². The van der Waals surface area contributed by atoms with E-state index in [1.807, 2.05) is 24.3 Å². The van der Waals surface area contributed by atoms with E-state index in [9.17, 15) is 0 Å². The number of nitrogens with two attached hydrogens (primary N) is 1. The fourth-order valence-corrected chi connectivity index (χ4v) is 2.32. The molecule has 0 aliphatic rings. The first-order chi connectivity index (χ1) is 10.3. The fraction of sp³-hybridized carbons (Fsp3) is 0.111. The van der Waals surface area contributed by atoms with Gasteiger partial charge in [0.25, 0.3) is 0 Å². The molecule has 0 bridgehead atoms. The van der Waals surface area contributed by atoms with E-state index in [0.29, 0.717) is 6.54 Å². The van der Waals surface area contributed by atoms with Gasteiger partial charge in [0, 0.05) is 17.9 Å². The highest BCUT2D eigenvalue weighted by molar-refractivity contribution is 5.68. The maximum absolute atomic E-state index is 5.62. The zero-order valence-electron chi connectivity index (χ0n) is 12.0. The Kier molecular flexibility index (Phi) is 3.75. The van der Waals surface area contributed by atoms with Crippen LogP contribution >= 0.6 is 0 Å². The van der Waals surface area contributed by atoms with Crippen molar-refractivity contribution in [1.29, 1.82) is 0 Å². The van der Waals surface area contributed by atoms with Crippen LogP contribution in [0.3, 0.4) is 0 Å². The zero-order chi connectivity index (χ0) is 14.7. The average Bonchev–Trinajstić information content (AvgIpc) is 3.05. The van der Waals surface area contributed by atoms with Gasteiger partial charge in [0.1, 0.15) is 5.75 Å². The van der Waals surface area contributed by atoms with Crippen molar-refractivity contribution in [3.63, 3.8) is 0 Å². The van der Waals surface area contributed by atoms with Crippen LogP contribution in [0.1, 0.15) is 5.56 Å². The lowest BCUT2D eigenvalue weighted by molar-refractivity contribution is 0.415. The van der Waals surface area contributed by atoms with Gasteiger partial charge in [-0.1, -0.05) is 24.3 Å². The minimum Gasteiger partial charge on any atom is -0.497 e. The topological polar surface area (TPSA) is 51.0 Å². The van der Waals surface area contributed by atoms with Gasteiger partial charge >= 0.3 is 0 Å². The Balaban J connectivity index is 1.87. The van der Waals surface area contributed by atoms with Crippen LogP contribution in [-0.2, 0) is 6.54 Å². The van der Waals surface area contributed by atoms with Crippen molar-refractivity contribution < 1.29 is 4.74 Å². The van der Waals surface area contributed by atoms with E-state index >= 15 is 0 Å². The summed E-state index contributed by atoms with van der Waals surface area (Å²) < 4.78 is 5.18. The summed E-state index contributed by atoms with van der Waals surface area (Å²) in [5.41, 5.74) is 11.3. The summed E-state index contributed by atoms with van der Waals surface area (Å²) in [5, 5.41) is 0. The second-order valence-corrected chi connectivity index (χ2v) is 4.92. The summed E-state index contributed by atoms with van der Waals surface area (Å²) in [7, 11) is 1.67. The van der Waals surface area contributed by atoms with Crippen LogP contribution in [0.5, 0.6) is 5.75 Å². The van der Waals surface area contributed by atoms with Crippen molar-refractivity contribution >= 4 is 0 Å². The third-order valence-corrected chi connectivity index (χ3v) is 3.59. The van der Waals surface area contributed by atoms with Crippen molar-refractivity contribution in [3.8, 4) is 28.3 Å². The molecule has 0 unspecified atom stereocenters. The predicted molar refractivity (Wildman–Crippen MR) is 86.1 cm³/mol.